The minimum Gasteiger partial charge on any atom is -0.459 e. The van der Waals surface area contributed by atoms with Crippen molar-refractivity contribution >= 4 is 46.8 Å². The fraction of sp³-hybridized carbons (Fsp3) is 0.304. The molecule has 0 saturated carbocycles. The number of amides is 1. The monoisotopic (exact) mass is 520 g/mol. The topological polar surface area (TPSA) is 69.9 Å². The van der Waals surface area contributed by atoms with E-state index < -0.39 is 0 Å². The molecule has 2 N–H and O–H groups in total. The summed E-state index contributed by atoms with van der Waals surface area (Å²) >= 11 is 0. The molecule has 0 saturated heterocycles. The first kappa shape index (κ1) is 23.7. The van der Waals surface area contributed by atoms with Gasteiger partial charge >= 0.3 is 0 Å². The number of halogens is 1. The minimum atomic E-state index is -0.0571. The van der Waals surface area contributed by atoms with Crippen LogP contribution in [0.2, 0.25) is 0 Å². The van der Waals surface area contributed by atoms with Gasteiger partial charge in [-0.15, -0.1) is 24.0 Å². The summed E-state index contributed by atoms with van der Waals surface area (Å²) in [6.07, 6.45) is 0. The van der Waals surface area contributed by atoms with Gasteiger partial charge in [0.2, 0.25) is 5.91 Å². The number of nitrogens with zero attached hydrogens (tertiary/aromatic N) is 2. The van der Waals surface area contributed by atoms with Gasteiger partial charge < -0.3 is 20.0 Å². The van der Waals surface area contributed by atoms with Gasteiger partial charge in [0.15, 0.2) is 5.96 Å². The largest absolute Gasteiger partial charge is 0.459 e. The number of carbonyl (C=O) groups is 1. The molecule has 2 aromatic carbocycles. The number of hydrogen-bond acceptors (Lipinski definition) is 3. The van der Waals surface area contributed by atoms with Crippen LogP contribution in [-0.4, -0.2) is 37.4 Å². The minimum absolute atomic E-state index is 0. The first-order chi connectivity index (χ1) is 14.0. The third-order valence-electron chi connectivity index (χ3n) is 4.88. The number of aliphatic imine (C=N–C) groups is 1. The Labute approximate surface area is 194 Å². The number of carbonyl (C=O) groups excluding carboxylic acids is 1. The van der Waals surface area contributed by atoms with Gasteiger partial charge in [0, 0.05) is 25.0 Å². The van der Waals surface area contributed by atoms with Crippen LogP contribution in [-0.2, 0) is 11.3 Å². The highest BCUT2D eigenvalue weighted by molar-refractivity contribution is 14.0. The number of furan rings is 1. The molecule has 1 amide bonds. The molecular formula is C23H29IN4O2. The number of aryl methyl sites for hydroxylation is 1. The zero-order chi connectivity index (χ0) is 20.8. The standard InChI is InChI=1S/C23H28N4O2.HI/c1-16-19-12-8-9-13-20(19)29-21(16)14-24-23(25-15-22(28)27(3)4)26-17(2)18-10-6-5-7-11-18;/h5-13,17H,14-15H2,1-4H3,(H2,24,25,26);1H. The van der Waals surface area contributed by atoms with Crippen molar-refractivity contribution < 1.29 is 9.21 Å². The van der Waals surface area contributed by atoms with Crippen molar-refractivity contribution in [2.24, 2.45) is 4.99 Å². The molecule has 0 aliphatic carbocycles. The van der Waals surface area contributed by atoms with Crippen LogP contribution in [0.25, 0.3) is 11.0 Å². The molecule has 30 heavy (non-hydrogen) atoms. The number of benzene rings is 2. The molecule has 1 atom stereocenters. The zero-order valence-corrected chi connectivity index (χ0v) is 20.1. The van der Waals surface area contributed by atoms with E-state index in [0.29, 0.717) is 12.5 Å². The second-order valence-corrected chi connectivity index (χ2v) is 7.23. The summed E-state index contributed by atoms with van der Waals surface area (Å²) in [4.78, 5) is 18.0. The first-order valence-corrected chi connectivity index (χ1v) is 9.72. The van der Waals surface area contributed by atoms with Crippen molar-refractivity contribution in [2.75, 3.05) is 20.6 Å². The Morgan fingerprint density at radius 3 is 2.43 bits per heavy atom. The van der Waals surface area contributed by atoms with E-state index in [9.17, 15) is 4.79 Å². The fourth-order valence-electron chi connectivity index (χ4n) is 3.03. The Bertz CT molecular complexity index is 999. The smallest absolute Gasteiger partial charge is 0.243 e. The first-order valence-electron chi connectivity index (χ1n) is 9.72. The number of hydrogen-bond donors (Lipinski definition) is 2. The van der Waals surface area contributed by atoms with Crippen molar-refractivity contribution in [3.8, 4) is 0 Å². The van der Waals surface area contributed by atoms with Gasteiger partial charge in [0.05, 0.1) is 12.6 Å². The predicted octanol–water partition coefficient (Wildman–Crippen LogP) is 4.24. The van der Waals surface area contributed by atoms with Crippen LogP contribution >= 0.6 is 24.0 Å². The fourth-order valence-corrected chi connectivity index (χ4v) is 3.03. The Morgan fingerprint density at radius 1 is 1.10 bits per heavy atom. The van der Waals surface area contributed by atoms with E-state index in [0.717, 1.165) is 27.9 Å². The maximum atomic E-state index is 12.0. The van der Waals surface area contributed by atoms with E-state index in [1.165, 1.54) is 4.90 Å². The molecule has 3 rings (SSSR count). The average molecular weight is 520 g/mol. The van der Waals surface area contributed by atoms with Gasteiger partial charge in [-0.25, -0.2) is 4.99 Å². The van der Waals surface area contributed by atoms with Crippen LogP contribution in [0.3, 0.4) is 0 Å². The normalized spacial score (nSPS) is 12.2. The molecule has 0 fully saturated rings. The predicted molar refractivity (Wildman–Crippen MR) is 132 cm³/mol. The highest BCUT2D eigenvalue weighted by atomic mass is 127. The van der Waals surface area contributed by atoms with Crippen LogP contribution in [0.4, 0.5) is 0 Å². The van der Waals surface area contributed by atoms with Gasteiger partial charge in [0.1, 0.15) is 17.9 Å². The average Bonchev–Trinajstić information content (AvgIpc) is 3.06. The van der Waals surface area contributed by atoms with Crippen LogP contribution < -0.4 is 10.6 Å². The van der Waals surface area contributed by atoms with Gasteiger partial charge in [-0.2, -0.15) is 0 Å². The summed E-state index contributed by atoms with van der Waals surface area (Å²) in [6, 6.07) is 18.1. The second-order valence-electron chi connectivity index (χ2n) is 7.23. The molecule has 0 radical (unpaired) electrons. The van der Waals surface area contributed by atoms with Crippen molar-refractivity contribution in [3.05, 3.63) is 71.5 Å². The van der Waals surface area contributed by atoms with E-state index in [1.54, 1.807) is 14.1 Å². The van der Waals surface area contributed by atoms with Crippen LogP contribution in [0.1, 0.15) is 29.9 Å². The SMILES string of the molecule is Cc1c(CNC(=NCC(=O)N(C)C)NC(C)c2ccccc2)oc2ccccc12.I. The number of fused-ring (bicyclic) bond motifs is 1. The number of rotatable bonds is 6. The molecule has 3 aromatic rings. The number of para-hydroxylation sites is 1. The van der Waals surface area contributed by atoms with E-state index >= 15 is 0 Å². The molecule has 0 aliphatic heterocycles. The lowest BCUT2D eigenvalue weighted by molar-refractivity contribution is -0.127. The highest BCUT2D eigenvalue weighted by Gasteiger charge is 2.13. The maximum Gasteiger partial charge on any atom is 0.243 e. The Balaban J connectivity index is 0.00000320. The molecule has 1 heterocycles. The Morgan fingerprint density at radius 2 is 1.77 bits per heavy atom. The molecule has 6 nitrogen and oxygen atoms in total. The van der Waals surface area contributed by atoms with Crippen molar-refractivity contribution in [3.63, 3.8) is 0 Å². The third kappa shape index (κ3) is 5.98. The summed E-state index contributed by atoms with van der Waals surface area (Å²) in [7, 11) is 3.45. The molecule has 160 valence electrons. The summed E-state index contributed by atoms with van der Waals surface area (Å²) in [5, 5.41) is 7.79. The number of guanidine groups is 1. The van der Waals surface area contributed by atoms with Crippen molar-refractivity contribution in [2.45, 2.75) is 26.4 Å². The third-order valence-corrected chi connectivity index (χ3v) is 4.88. The van der Waals surface area contributed by atoms with Gasteiger partial charge in [-0.1, -0.05) is 48.5 Å². The Hall–Kier alpha value is -2.55. The molecule has 1 aromatic heterocycles. The lowest BCUT2D eigenvalue weighted by Crippen LogP contribution is -2.39. The quantitative estimate of drug-likeness (QED) is 0.290. The molecule has 0 spiro atoms. The van der Waals surface area contributed by atoms with Gasteiger partial charge in [-0.3, -0.25) is 4.79 Å². The lowest BCUT2D eigenvalue weighted by Gasteiger charge is -2.19. The lowest BCUT2D eigenvalue weighted by atomic mass is 10.1. The van der Waals surface area contributed by atoms with E-state index in [2.05, 4.69) is 47.7 Å². The summed E-state index contributed by atoms with van der Waals surface area (Å²) in [5.41, 5.74) is 3.11. The summed E-state index contributed by atoms with van der Waals surface area (Å²) in [6.45, 7) is 4.66. The van der Waals surface area contributed by atoms with E-state index in [4.69, 9.17) is 4.42 Å². The molecular weight excluding hydrogens is 491 g/mol. The van der Waals surface area contributed by atoms with E-state index in [-0.39, 0.29) is 42.5 Å². The molecule has 0 aliphatic rings. The second kappa shape index (κ2) is 11.0. The number of likely N-dealkylation sites (N-methyl/N-ethyl adjacent to an activating group) is 1. The van der Waals surface area contributed by atoms with Crippen molar-refractivity contribution in [1.29, 1.82) is 0 Å². The zero-order valence-electron chi connectivity index (χ0n) is 17.8. The highest BCUT2D eigenvalue weighted by Crippen LogP contribution is 2.24. The van der Waals surface area contributed by atoms with Crippen LogP contribution in [0.15, 0.2) is 64.0 Å². The molecule has 7 heteroatoms. The maximum absolute atomic E-state index is 12.0. The number of nitrogens with one attached hydrogen (secondary N) is 2. The Kier molecular flexibility index (Phi) is 8.71. The van der Waals surface area contributed by atoms with Crippen LogP contribution in [0, 0.1) is 6.92 Å². The van der Waals surface area contributed by atoms with E-state index in [1.807, 2.05) is 36.4 Å². The van der Waals surface area contributed by atoms with Crippen LogP contribution in [0.5, 0.6) is 0 Å². The van der Waals surface area contributed by atoms with Gasteiger partial charge in [-0.05, 0) is 25.5 Å². The molecule has 1 unspecified atom stereocenters. The van der Waals surface area contributed by atoms with Crippen molar-refractivity contribution in [1.82, 2.24) is 15.5 Å². The summed E-state index contributed by atoms with van der Waals surface area (Å²) in [5.74, 6) is 1.36. The summed E-state index contributed by atoms with van der Waals surface area (Å²) < 4.78 is 5.98. The molecule has 0 bridgehead atoms. The van der Waals surface area contributed by atoms with Gasteiger partial charge in [0.25, 0.3) is 0 Å².